The molecular weight excluding hydrogens is 274 g/mol. The summed E-state index contributed by atoms with van der Waals surface area (Å²) in [6.45, 7) is 0. The molecule has 1 saturated carbocycles. The summed E-state index contributed by atoms with van der Waals surface area (Å²) < 4.78 is 2.31. The highest BCUT2D eigenvalue weighted by Crippen LogP contribution is 2.28. The lowest BCUT2D eigenvalue weighted by Gasteiger charge is -2.23. The van der Waals surface area contributed by atoms with Crippen LogP contribution >= 0.6 is 12.2 Å². The number of anilines is 1. The smallest absolute Gasteiger partial charge is 0.227 e. The zero-order chi connectivity index (χ0) is 14.1. The van der Waals surface area contributed by atoms with E-state index in [1.807, 2.05) is 13.1 Å². The highest BCUT2D eigenvalue weighted by atomic mass is 32.1. The maximum atomic E-state index is 11.9. The first-order valence-corrected chi connectivity index (χ1v) is 6.93. The minimum Gasteiger partial charge on any atom is -0.324 e. The van der Waals surface area contributed by atoms with Crippen LogP contribution in [0.3, 0.4) is 0 Å². The monoisotopic (exact) mass is 289 g/mol. The summed E-state index contributed by atoms with van der Waals surface area (Å²) in [6.07, 6.45) is 6.44. The van der Waals surface area contributed by atoms with Crippen molar-refractivity contribution in [2.24, 2.45) is 13.0 Å². The van der Waals surface area contributed by atoms with Gasteiger partial charge in [0, 0.05) is 24.7 Å². The van der Waals surface area contributed by atoms with Gasteiger partial charge in [-0.2, -0.15) is 5.10 Å². The number of nitrogens with one attached hydrogen (secondary N) is 2. The molecule has 0 atom stereocenters. The van der Waals surface area contributed by atoms with E-state index in [-0.39, 0.29) is 11.8 Å². The molecule has 1 aliphatic carbocycles. The Labute approximate surface area is 121 Å². The number of aromatic nitrogens is 4. The molecule has 2 aromatic rings. The van der Waals surface area contributed by atoms with Gasteiger partial charge in [0.25, 0.3) is 0 Å². The second-order valence-electron chi connectivity index (χ2n) is 4.99. The fourth-order valence-electron chi connectivity index (χ4n) is 2.15. The molecule has 3 rings (SSSR count). The number of nitrogens with zero attached hydrogens (tertiary/aromatic N) is 3. The Balaban J connectivity index is 1.84. The molecule has 1 aliphatic rings. The van der Waals surface area contributed by atoms with Gasteiger partial charge in [-0.05, 0) is 31.1 Å². The van der Waals surface area contributed by atoms with Crippen molar-refractivity contribution in [3.63, 3.8) is 0 Å². The predicted octanol–water partition coefficient (Wildman–Crippen LogP) is 2.28. The lowest BCUT2D eigenvalue weighted by Crippen LogP contribution is -2.28. The van der Waals surface area contributed by atoms with Crippen LogP contribution in [0.1, 0.15) is 19.3 Å². The first-order valence-electron chi connectivity index (χ1n) is 6.53. The van der Waals surface area contributed by atoms with E-state index in [1.165, 1.54) is 0 Å². The van der Waals surface area contributed by atoms with Gasteiger partial charge in [-0.1, -0.05) is 6.42 Å². The van der Waals surface area contributed by atoms with Gasteiger partial charge in [-0.25, -0.2) is 0 Å². The molecule has 20 heavy (non-hydrogen) atoms. The van der Waals surface area contributed by atoms with Crippen molar-refractivity contribution < 1.29 is 4.79 Å². The van der Waals surface area contributed by atoms with Crippen LogP contribution in [0.4, 0.5) is 5.69 Å². The Morgan fingerprint density at radius 3 is 2.90 bits per heavy atom. The van der Waals surface area contributed by atoms with Crippen molar-refractivity contribution in [1.29, 1.82) is 0 Å². The number of pyridine rings is 1. The van der Waals surface area contributed by atoms with Gasteiger partial charge in [0.05, 0.1) is 11.9 Å². The first-order chi connectivity index (χ1) is 9.65. The molecule has 0 bridgehead atoms. The Kier molecular flexibility index (Phi) is 3.35. The summed E-state index contributed by atoms with van der Waals surface area (Å²) in [5.74, 6) is 0.923. The number of hydrogen-bond donors (Lipinski definition) is 2. The van der Waals surface area contributed by atoms with Gasteiger partial charge in [-0.15, -0.1) is 0 Å². The van der Waals surface area contributed by atoms with Crippen LogP contribution in [0.15, 0.2) is 18.5 Å². The topological polar surface area (TPSA) is 75.6 Å². The van der Waals surface area contributed by atoms with Crippen LogP contribution in [-0.2, 0) is 11.8 Å². The number of aromatic amines is 1. The zero-order valence-corrected chi connectivity index (χ0v) is 11.9. The van der Waals surface area contributed by atoms with Gasteiger partial charge < -0.3 is 9.88 Å². The van der Waals surface area contributed by atoms with E-state index in [2.05, 4.69) is 20.5 Å². The Hall–Kier alpha value is -2.02. The lowest BCUT2D eigenvalue weighted by atomic mass is 9.85. The highest BCUT2D eigenvalue weighted by molar-refractivity contribution is 7.71. The van der Waals surface area contributed by atoms with Gasteiger partial charge in [-0.3, -0.25) is 14.9 Å². The van der Waals surface area contributed by atoms with Crippen molar-refractivity contribution >= 4 is 23.8 Å². The number of amides is 1. The minimum absolute atomic E-state index is 0.0746. The largest absolute Gasteiger partial charge is 0.324 e. The van der Waals surface area contributed by atoms with Crippen LogP contribution in [0.25, 0.3) is 11.4 Å². The third kappa shape index (κ3) is 2.36. The van der Waals surface area contributed by atoms with Gasteiger partial charge in [0.2, 0.25) is 5.91 Å². The van der Waals surface area contributed by atoms with Crippen molar-refractivity contribution in [2.75, 3.05) is 5.32 Å². The highest BCUT2D eigenvalue weighted by Gasteiger charge is 2.25. The van der Waals surface area contributed by atoms with Gasteiger partial charge in [0.15, 0.2) is 10.6 Å². The number of carbonyl (C=O) groups excluding carboxylic acids is 1. The summed E-state index contributed by atoms with van der Waals surface area (Å²) in [4.78, 5) is 16.1. The van der Waals surface area contributed by atoms with Crippen molar-refractivity contribution in [3.8, 4) is 11.4 Å². The molecule has 1 fully saturated rings. The standard InChI is InChI=1S/C13H15N5OS/c1-18-11(16-17-13(18)20)9-5-10(7-14-6-9)15-12(19)8-3-2-4-8/h5-8H,2-4H2,1H3,(H,15,19)(H,17,20). The third-order valence-corrected chi connectivity index (χ3v) is 3.98. The minimum atomic E-state index is 0.0746. The van der Waals surface area contributed by atoms with Crippen LogP contribution in [0.2, 0.25) is 0 Å². The van der Waals surface area contributed by atoms with E-state index in [1.54, 1.807) is 17.0 Å². The van der Waals surface area contributed by atoms with Crippen LogP contribution < -0.4 is 5.32 Å². The molecule has 2 heterocycles. The second-order valence-corrected chi connectivity index (χ2v) is 5.38. The molecule has 0 radical (unpaired) electrons. The molecule has 0 unspecified atom stereocenters. The Morgan fingerprint density at radius 1 is 1.50 bits per heavy atom. The summed E-state index contributed by atoms with van der Waals surface area (Å²) >= 11 is 5.09. The summed E-state index contributed by atoms with van der Waals surface area (Å²) in [6, 6.07) is 1.86. The summed E-state index contributed by atoms with van der Waals surface area (Å²) in [5, 5.41) is 9.80. The molecule has 7 heteroatoms. The third-order valence-electron chi connectivity index (χ3n) is 3.62. The van der Waals surface area contributed by atoms with E-state index in [9.17, 15) is 4.79 Å². The van der Waals surface area contributed by atoms with E-state index < -0.39 is 0 Å². The maximum absolute atomic E-state index is 11.9. The van der Waals surface area contributed by atoms with Crippen molar-refractivity contribution in [1.82, 2.24) is 19.7 Å². The van der Waals surface area contributed by atoms with Crippen molar-refractivity contribution in [2.45, 2.75) is 19.3 Å². The first kappa shape index (κ1) is 13.0. The lowest BCUT2D eigenvalue weighted by molar-refractivity contribution is -0.122. The molecule has 0 saturated heterocycles. The fourth-order valence-corrected chi connectivity index (χ4v) is 2.28. The Morgan fingerprint density at radius 2 is 2.30 bits per heavy atom. The summed E-state index contributed by atoms with van der Waals surface area (Å²) in [7, 11) is 1.83. The number of carbonyl (C=O) groups is 1. The quantitative estimate of drug-likeness (QED) is 0.850. The normalized spacial score (nSPS) is 14.8. The van der Waals surface area contributed by atoms with E-state index in [4.69, 9.17) is 12.2 Å². The SMILES string of the molecule is Cn1c(-c2cncc(NC(=O)C3CCC3)c2)n[nH]c1=S. The molecule has 104 valence electrons. The van der Waals surface area contributed by atoms with E-state index in [0.29, 0.717) is 16.3 Å². The molecule has 0 aromatic carbocycles. The number of hydrogen-bond acceptors (Lipinski definition) is 4. The fraction of sp³-hybridized carbons (Fsp3) is 0.385. The molecule has 1 amide bonds. The van der Waals surface area contributed by atoms with Crippen LogP contribution in [0, 0.1) is 10.7 Å². The molecule has 2 N–H and O–H groups in total. The number of rotatable bonds is 3. The average Bonchev–Trinajstić information content (AvgIpc) is 2.68. The molecule has 0 aliphatic heterocycles. The van der Waals surface area contributed by atoms with Crippen molar-refractivity contribution in [3.05, 3.63) is 23.2 Å². The molecule has 6 nitrogen and oxygen atoms in total. The average molecular weight is 289 g/mol. The molecule has 0 spiro atoms. The van der Waals surface area contributed by atoms with Crippen LogP contribution in [0.5, 0.6) is 0 Å². The van der Waals surface area contributed by atoms with Gasteiger partial charge in [0.1, 0.15) is 0 Å². The Bertz CT molecular complexity index is 701. The molecule has 2 aromatic heterocycles. The predicted molar refractivity (Wildman–Crippen MR) is 77.6 cm³/mol. The molecular formula is C13H15N5OS. The maximum Gasteiger partial charge on any atom is 0.227 e. The number of H-pyrrole nitrogens is 1. The van der Waals surface area contributed by atoms with E-state index in [0.717, 1.165) is 24.8 Å². The van der Waals surface area contributed by atoms with Gasteiger partial charge >= 0.3 is 0 Å². The van der Waals surface area contributed by atoms with E-state index >= 15 is 0 Å². The van der Waals surface area contributed by atoms with Crippen LogP contribution in [-0.4, -0.2) is 25.7 Å². The summed E-state index contributed by atoms with van der Waals surface area (Å²) in [5.41, 5.74) is 1.50. The second kappa shape index (κ2) is 5.16. The zero-order valence-electron chi connectivity index (χ0n) is 11.1.